The van der Waals surface area contributed by atoms with Gasteiger partial charge >= 0.3 is 0 Å². The molecular formula is C19H31BO. The number of unbranched alkanes of at least 4 members (excludes halogenated alkanes) is 5. The standard InChI is InChI=1S/C19H31BO/c1-16-11-12-18(17(15-16)19(2,3)4)21-14-10-8-6-5-7-9-13-20/h11-12,15H,5-10,13-14H2,1-4H3. The van der Waals surface area contributed by atoms with Crippen molar-refractivity contribution >= 4 is 7.85 Å². The van der Waals surface area contributed by atoms with Gasteiger partial charge in [0.15, 0.2) is 0 Å². The largest absolute Gasteiger partial charge is 0.493 e. The van der Waals surface area contributed by atoms with Crippen LogP contribution in [0.3, 0.4) is 0 Å². The van der Waals surface area contributed by atoms with Gasteiger partial charge in [0.25, 0.3) is 0 Å². The molecule has 0 saturated carbocycles. The fourth-order valence-corrected chi connectivity index (χ4v) is 2.49. The highest BCUT2D eigenvalue weighted by Crippen LogP contribution is 2.32. The molecule has 0 spiro atoms. The lowest BCUT2D eigenvalue weighted by molar-refractivity contribution is 0.296. The highest BCUT2D eigenvalue weighted by molar-refractivity contribution is 6.08. The summed E-state index contributed by atoms with van der Waals surface area (Å²) in [5, 5.41) is 0. The number of rotatable bonds is 9. The lowest BCUT2D eigenvalue weighted by Crippen LogP contribution is -2.14. The quantitative estimate of drug-likeness (QED) is 0.424. The van der Waals surface area contributed by atoms with E-state index in [0.717, 1.165) is 31.5 Å². The summed E-state index contributed by atoms with van der Waals surface area (Å²) in [7, 11) is 5.50. The third-order valence-electron chi connectivity index (χ3n) is 3.80. The van der Waals surface area contributed by atoms with Crippen LogP contribution < -0.4 is 4.74 Å². The van der Waals surface area contributed by atoms with E-state index >= 15 is 0 Å². The molecule has 0 unspecified atom stereocenters. The minimum absolute atomic E-state index is 0.129. The molecule has 0 fully saturated rings. The Labute approximate surface area is 132 Å². The zero-order valence-electron chi connectivity index (χ0n) is 14.4. The van der Waals surface area contributed by atoms with Gasteiger partial charge in [0.2, 0.25) is 0 Å². The average Bonchev–Trinajstić information content (AvgIpc) is 2.42. The molecule has 1 rings (SSSR count). The van der Waals surface area contributed by atoms with E-state index in [4.69, 9.17) is 12.6 Å². The maximum atomic E-state index is 6.03. The second-order valence-electron chi connectivity index (χ2n) is 7.01. The molecule has 1 nitrogen and oxygen atoms in total. The molecule has 1 aromatic carbocycles. The number of hydrogen-bond donors (Lipinski definition) is 0. The van der Waals surface area contributed by atoms with Crippen LogP contribution in [0.5, 0.6) is 5.75 Å². The van der Waals surface area contributed by atoms with Crippen molar-refractivity contribution in [2.45, 2.75) is 78.0 Å². The Kier molecular flexibility index (Phi) is 7.92. The van der Waals surface area contributed by atoms with E-state index in [1.54, 1.807) is 0 Å². The van der Waals surface area contributed by atoms with Crippen molar-refractivity contribution in [3.05, 3.63) is 29.3 Å². The van der Waals surface area contributed by atoms with Gasteiger partial charge < -0.3 is 4.74 Å². The van der Waals surface area contributed by atoms with Crippen molar-refractivity contribution in [3.8, 4) is 5.75 Å². The Morgan fingerprint density at radius 1 is 0.952 bits per heavy atom. The molecule has 2 heteroatoms. The number of hydrogen-bond acceptors (Lipinski definition) is 1. The topological polar surface area (TPSA) is 9.23 Å². The van der Waals surface area contributed by atoms with E-state index in [9.17, 15) is 0 Å². The van der Waals surface area contributed by atoms with Gasteiger partial charge in [-0.05, 0) is 30.4 Å². The SMILES string of the molecule is [B]CCCCCCCCOc1ccc(C)cc1C(C)(C)C. The number of aryl methyl sites for hydroxylation is 1. The van der Waals surface area contributed by atoms with Gasteiger partial charge in [-0.1, -0.05) is 76.9 Å². The summed E-state index contributed by atoms with van der Waals surface area (Å²) in [6, 6.07) is 6.51. The molecule has 0 N–H and O–H groups in total. The number of benzene rings is 1. The summed E-state index contributed by atoms with van der Waals surface area (Å²) >= 11 is 0. The third kappa shape index (κ3) is 7.06. The van der Waals surface area contributed by atoms with Gasteiger partial charge in [-0.15, -0.1) is 0 Å². The molecule has 1 aromatic rings. The smallest absolute Gasteiger partial charge is 0.123 e. The van der Waals surface area contributed by atoms with Crippen molar-refractivity contribution in [1.29, 1.82) is 0 Å². The van der Waals surface area contributed by atoms with Crippen molar-refractivity contribution in [2.75, 3.05) is 6.61 Å². The molecule has 0 atom stereocenters. The van der Waals surface area contributed by atoms with Crippen LogP contribution in [0, 0.1) is 6.92 Å². The zero-order valence-corrected chi connectivity index (χ0v) is 14.4. The summed E-state index contributed by atoms with van der Waals surface area (Å²) in [5.74, 6) is 1.05. The zero-order chi connectivity index (χ0) is 15.7. The molecule has 0 aliphatic rings. The van der Waals surface area contributed by atoms with Crippen molar-refractivity contribution in [1.82, 2.24) is 0 Å². The van der Waals surface area contributed by atoms with E-state index in [1.165, 1.54) is 36.8 Å². The van der Waals surface area contributed by atoms with Crippen LogP contribution in [0.4, 0.5) is 0 Å². The Bertz CT molecular complexity index is 407. The fraction of sp³-hybridized carbons (Fsp3) is 0.684. The van der Waals surface area contributed by atoms with Gasteiger partial charge in [-0.25, -0.2) is 0 Å². The third-order valence-corrected chi connectivity index (χ3v) is 3.80. The summed E-state index contributed by atoms with van der Waals surface area (Å²) in [4.78, 5) is 0. The lowest BCUT2D eigenvalue weighted by Gasteiger charge is -2.23. The van der Waals surface area contributed by atoms with Crippen LogP contribution in [0.1, 0.15) is 70.4 Å². The summed E-state index contributed by atoms with van der Waals surface area (Å²) < 4.78 is 6.03. The maximum absolute atomic E-state index is 6.03. The van der Waals surface area contributed by atoms with Gasteiger partial charge in [-0.2, -0.15) is 0 Å². The Morgan fingerprint density at radius 3 is 2.19 bits per heavy atom. The first-order valence-corrected chi connectivity index (χ1v) is 8.39. The first kappa shape index (κ1) is 18.1. The van der Waals surface area contributed by atoms with Crippen molar-refractivity contribution in [3.63, 3.8) is 0 Å². The summed E-state index contributed by atoms with van der Waals surface area (Å²) in [6.45, 7) is 9.69. The predicted molar refractivity (Wildman–Crippen MR) is 93.6 cm³/mol. The van der Waals surface area contributed by atoms with Gasteiger partial charge in [0, 0.05) is 0 Å². The fourth-order valence-electron chi connectivity index (χ4n) is 2.49. The molecule has 0 aromatic heterocycles. The Balaban J connectivity index is 2.35. The molecule has 0 bridgehead atoms. The minimum atomic E-state index is 0.129. The van der Waals surface area contributed by atoms with Crippen molar-refractivity contribution < 1.29 is 4.74 Å². The number of ether oxygens (including phenoxy) is 1. The first-order chi connectivity index (χ1) is 9.95. The van der Waals surface area contributed by atoms with Gasteiger partial charge in [0.1, 0.15) is 5.75 Å². The van der Waals surface area contributed by atoms with Crippen LogP contribution >= 0.6 is 0 Å². The minimum Gasteiger partial charge on any atom is -0.493 e. The molecule has 0 heterocycles. The van der Waals surface area contributed by atoms with E-state index in [-0.39, 0.29) is 5.41 Å². The average molecular weight is 286 g/mol. The highest BCUT2D eigenvalue weighted by Gasteiger charge is 2.18. The molecule has 0 saturated heterocycles. The molecule has 2 radical (unpaired) electrons. The van der Waals surface area contributed by atoms with E-state index < -0.39 is 0 Å². The van der Waals surface area contributed by atoms with Crippen LogP contribution in [0.2, 0.25) is 6.32 Å². The molecule has 21 heavy (non-hydrogen) atoms. The van der Waals surface area contributed by atoms with Gasteiger partial charge in [-0.3, -0.25) is 0 Å². The van der Waals surface area contributed by atoms with E-state index in [0.29, 0.717) is 0 Å². The molecule has 0 aliphatic carbocycles. The normalized spacial score (nSPS) is 11.6. The second kappa shape index (κ2) is 9.17. The van der Waals surface area contributed by atoms with Crippen molar-refractivity contribution in [2.24, 2.45) is 0 Å². The Hall–Kier alpha value is -0.915. The monoisotopic (exact) mass is 286 g/mol. The lowest BCUT2D eigenvalue weighted by atomic mass is 9.85. The Morgan fingerprint density at radius 2 is 1.57 bits per heavy atom. The summed E-state index contributed by atoms with van der Waals surface area (Å²) in [5.41, 5.74) is 2.74. The molecule has 0 aliphatic heterocycles. The van der Waals surface area contributed by atoms with Crippen LogP contribution in [-0.2, 0) is 5.41 Å². The molecular weight excluding hydrogens is 255 g/mol. The van der Waals surface area contributed by atoms with Crippen LogP contribution in [0.25, 0.3) is 0 Å². The maximum Gasteiger partial charge on any atom is 0.123 e. The predicted octanol–water partition coefficient (Wildman–Crippen LogP) is 5.60. The first-order valence-electron chi connectivity index (χ1n) is 8.39. The second-order valence-corrected chi connectivity index (χ2v) is 7.01. The van der Waals surface area contributed by atoms with Gasteiger partial charge in [0.05, 0.1) is 14.5 Å². The van der Waals surface area contributed by atoms with Crippen LogP contribution in [-0.4, -0.2) is 14.5 Å². The summed E-state index contributed by atoms with van der Waals surface area (Å²) in [6.07, 6.45) is 8.24. The molecule has 116 valence electrons. The highest BCUT2D eigenvalue weighted by atomic mass is 16.5. The van der Waals surface area contributed by atoms with E-state index in [2.05, 4.69) is 45.9 Å². The van der Waals surface area contributed by atoms with Crippen LogP contribution in [0.15, 0.2) is 18.2 Å². The van der Waals surface area contributed by atoms with E-state index in [1.807, 2.05) is 0 Å². The molecule has 0 amide bonds.